The van der Waals surface area contributed by atoms with Crippen LogP contribution in [0.4, 0.5) is 11.5 Å². The van der Waals surface area contributed by atoms with Crippen LogP contribution < -0.4 is 9.80 Å². The number of anilines is 2. The maximum absolute atomic E-state index is 12.1. The maximum Gasteiger partial charge on any atom is 0.246 e. The number of fused-ring (bicyclic) bond motifs is 2. The van der Waals surface area contributed by atoms with Crippen molar-refractivity contribution in [1.29, 1.82) is 0 Å². The first-order chi connectivity index (χ1) is 9.63. The number of amides is 1. The number of hydrogen-bond acceptors (Lipinski definition) is 5. The molecule has 1 aliphatic carbocycles. The van der Waals surface area contributed by atoms with Crippen LogP contribution >= 0.6 is 0 Å². The van der Waals surface area contributed by atoms with Crippen molar-refractivity contribution in [3.63, 3.8) is 0 Å². The number of hydrogen-bond donors (Lipinski definition) is 0. The van der Waals surface area contributed by atoms with Crippen LogP contribution in [0.5, 0.6) is 0 Å². The first-order valence-electron chi connectivity index (χ1n) is 6.81. The molecule has 6 nitrogen and oxygen atoms in total. The van der Waals surface area contributed by atoms with Gasteiger partial charge in [0.15, 0.2) is 11.5 Å². The summed E-state index contributed by atoms with van der Waals surface area (Å²) in [6, 6.07) is 2.42. The number of rotatable bonds is 1. The first-order valence-corrected chi connectivity index (χ1v) is 6.81. The first kappa shape index (κ1) is 11.6. The molecule has 3 heterocycles. The predicted molar refractivity (Wildman–Crippen MR) is 75.8 cm³/mol. The number of carbonyl (C=O) groups excluding carboxylic acids is 1. The Morgan fingerprint density at radius 3 is 2.85 bits per heavy atom. The topological polar surface area (TPSA) is 62.2 Å². The smallest absolute Gasteiger partial charge is 0.246 e. The second-order valence-electron chi connectivity index (χ2n) is 5.47. The molecular weight excluding hydrogens is 254 g/mol. The van der Waals surface area contributed by atoms with Gasteiger partial charge >= 0.3 is 0 Å². The van der Waals surface area contributed by atoms with Crippen molar-refractivity contribution < 1.29 is 4.79 Å². The van der Waals surface area contributed by atoms with Crippen molar-refractivity contribution in [2.75, 3.05) is 23.4 Å². The van der Waals surface area contributed by atoms with Crippen molar-refractivity contribution >= 4 is 28.4 Å². The second kappa shape index (κ2) is 3.88. The Morgan fingerprint density at radius 1 is 1.30 bits per heavy atom. The van der Waals surface area contributed by atoms with Crippen molar-refractivity contribution in [2.24, 2.45) is 0 Å². The van der Waals surface area contributed by atoms with Gasteiger partial charge in [0.2, 0.25) is 5.91 Å². The number of aryl methyl sites for hydroxylation is 1. The van der Waals surface area contributed by atoms with Crippen LogP contribution in [0, 0.1) is 6.92 Å². The van der Waals surface area contributed by atoms with E-state index in [4.69, 9.17) is 0 Å². The van der Waals surface area contributed by atoms with E-state index < -0.39 is 0 Å². The fourth-order valence-electron chi connectivity index (χ4n) is 2.64. The lowest BCUT2D eigenvalue weighted by Crippen LogP contribution is -2.45. The van der Waals surface area contributed by atoms with Crippen LogP contribution in [0.15, 0.2) is 12.3 Å². The zero-order valence-corrected chi connectivity index (χ0v) is 11.5. The standard InChI is InChI=1S/C14H15N5O/c1-8-15-6-9-5-11-14(17-13(9)16-8)19(10-3-4-10)7-12(20)18(11)2/h5-6,10H,3-4,7H2,1-2H3. The van der Waals surface area contributed by atoms with Gasteiger partial charge in [0, 0.05) is 24.7 Å². The Bertz CT molecular complexity index is 725. The van der Waals surface area contributed by atoms with Crippen molar-refractivity contribution in [3.8, 4) is 0 Å². The van der Waals surface area contributed by atoms with Gasteiger partial charge in [-0.2, -0.15) is 0 Å². The number of nitrogens with zero attached hydrogens (tertiary/aromatic N) is 5. The van der Waals surface area contributed by atoms with Gasteiger partial charge in [-0.25, -0.2) is 15.0 Å². The molecule has 2 aliphatic rings. The molecule has 20 heavy (non-hydrogen) atoms. The number of carbonyl (C=O) groups is 1. The van der Waals surface area contributed by atoms with E-state index in [0.717, 1.165) is 29.7 Å². The Morgan fingerprint density at radius 2 is 2.10 bits per heavy atom. The molecule has 0 radical (unpaired) electrons. The average Bonchev–Trinajstić information content (AvgIpc) is 3.25. The summed E-state index contributed by atoms with van der Waals surface area (Å²) < 4.78 is 0. The van der Waals surface area contributed by atoms with E-state index >= 15 is 0 Å². The van der Waals surface area contributed by atoms with Crippen LogP contribution in [-0.2, 0) is 4.79 Å². The molecule has 0 bridgehead atoms. The minimum absolute atomic E-state index is 0.110. The monoisotopic (exact) mass is 269 g/mol. The Hall–Kier alpha value is -2.24. The van der Waals surface area contributed by atoms with Gasteiger partial charge in [-0.05, 0) is 25.8 Å². The van der Waals surface area contributed by atoms with Gasteiger partial charge in [0.1, 0.15) is 5.82 Å². The highest BCUT2D eigenvalue weighted by Crippen LogP contribution is 2.39. The normalized spacial score (nSPS) is 18.6. The van der Waals surface area contributed by atoms with Gasteiger partial charge in [-0.3, -0.25) is 4.79 Å². The van der Waals surface area contributed by atoms with Crippen molar-refractivity contribution in [1.82, 2.24) is 15.0 Å². The van der Waals surface area contributed by atoms with E-state index in [1.807, 2.05) is 13.0 Å². The lowest BCUT2D eigenvalue weighted by atomic mass is 10.2. The fourth-order valence-corrected chi connectivity index (χ4v) is 2.64. The highest BCUT2D eigenvalue weighted by Gasteiger charge is 2.37. The van der Waals surface area contributed by atoms with E-state index in [-0.39, 0.29) is 5.91 Å². The third-order valence-electron chi connectivity index (χ3n) is 3.95. The summed E-state index contributed by atoms with van der Waals surface area (Å²) in [6.45, 7) is 2.27. The van der Waals surface area contributed by atoms with Gasteiger partial charge in [0.25, 0.3) is 0 Å². The zero-order valence-electron chi connectivity index (χ0n) is 11.5. The molecule has 1 fully saturated rings. The lowest BCUT2D eigenvalue weighted by Gasteiger charge is -2.34. The third-order valence-corrected chi connectivity index (χ3v) is 3.95. The summed E-state index contributed by atoms with van der Waals surface area (Å²) in [5.74, 6) is 1.70. The number of pyridine rings is 1. The molecule has 0 unspecified atom stereocenters. The van der Waals surface area contributed by atoms with E-state index in [9.17, 15) is 4.79 Å². The number of aromatic nitrogens is 3. The quantitative estimate of drug-likeness (QED) is 0.780. The SMILES string of the molecule is Cc1ncc2cc3c(nc2n1)N(C1CC1)CC(=O)N3C. The summed E-state index contributed by atoms with van der Waals surface area (Å²) in [7, 11) is 1.80. The minimum atomic E-state index is 0.110. The molecule has 0 atom stereocenters. The van der Waals surface area contributed by atoms with Gasteiger partial charge in [-0.1, -0.05) is 0 Å². The predicted octanol–water partition coefficient (Wildman–Crippen LogP) is 1.28. The van der Waals surface area contributed by atoms with Crippen molar-refractivity contribution in [3.05, 3.63) is 18.1 Å². The zero-order chi connectivity index (χ0) is 13.9. The molecule has 4 rings (SSSR count). The highest BCUT2D eigenvalue weighted by molar-refractivity contribution is 6.04. The summed E-state index contributed by atoms with van der Waals surface area (Å²) in [5.41, 5.74) is 1.55. The highest BCUT2D eigenvalue weighted by atomic mass is 16.2. The number of likely N-dealkylation sites (N-methyl/N-ethyl adjacent to an activating group) is 1. The van der Waals surface area contributed by atoms with E-state index in [1.54, 1.807) is 18.1 Å². The Kier molecular flexibility index (Phi) is 2.24. The summed E-state index contributed by atoms with van der Waals surface area (Å²) in [6.07, 6.45) is 4.04. The van der Waals surface area contributed by atoms with Crippen LogP contribution in [0.1, 0.15) is 18.7 Å². The third kappa shape index (κ3) is 1.64. The summed E-state index contributed by atoms with van der Waals surface area (Å²) in [4.78, 5) is 29.2. The molecule has 0 N–H and O–H groups in total. The lowest BCUT2D eigenvalue weighted by molar-refractivity contribution is -0.117. The molecule has 2 aromatic rings. The van der Waals surface area contributed by atoms with E-state index in [2.05, 4.69) is 19.9 Å². The molecule has 0 aromatic carbocycles. The molecule has 102 valence electrons. The molecule has 1 amide bonds. The van der Waals surface area contributed by atoms with E-state index in [1.165, 1.54) is 0 Å². The van der Waals surface area contributed by atoms with Crippen LogP contribution in [0.2, 0.25) is 0 Å². The van der Waals surface area contributed by atoms with Crippen molar-refractivity contribution in [2.45, 2.75) is 25.8 Å². The largest absolute Gasteiger partial charge is 0.342 e. The molecule has 2 aromatic heterocycles. The molecule has 0 spiro atoms. The van der Waals surface area contributed by atoms with Gasteiger partial charge in [-0.15, -0.1) is 0 Å². The molecular formula is C14H15N5O. The minimum Gasteiger partial charge on any atom is -0.342 e. The Labute approximate surface area is 116 Å². The van der Waals surface area contributed by atoms with Crippen LogP contribution in [0.25, 0.3) is 11.0 Å². The maximum atomic E-state index is 12.1. The fraction of sp³-hybridized carbons (Fsp3) is 0.429. The summed E-state index contributed by atoms with van der Waals surface area (Å²) in [5, 5.41) is 0.867. The molecule has 0 saturated heterocycles. The van der Waals surface area contributed by atoms with Gasteiger partial charge < -0.3 is 9.80 Å². The van der Waals surface area contributed by atoms with E-state index in [0.29, 0.717) is 24.1 Å². The molecule has 1 saturated carbocycles. The molecule has 6 heteroatoms. The summed E-state index contributed by atoms with van der Waals surface area (Å²) >= 11 is 0. The van der Waals surface area contributed by atoms with Gasteiger partial charge in [0.05, 0.1) is 12.2 Å². The Balaban J connectivity index is 1.95. The second-order valence-corrected chi connectivity index (χ2v) is 5.47. The molecule has 1 aliphatic heterocycles. The average molecular weight is 269 g/mol. The van der Waals surface area contributed by atoms with Crippen LogP contribution in [-0.4, -0.2) is 40.5 Å². The van der Waals surface area contributed by atoms with Crippen LogP contribution in [0.3, 0.4) is 0 Å².